The molecule has 0 aliphatic carbocycles. The van der Waals surface area contributed by atoms with E-state index in [4.69, 9.17) is 9.47 Å². The van der Waals surface area contributed by atoms with E-state index in [1.54, 1.807) is 37.7 Å². The molecule has 0 aliphatic heterocycles. The van der Waals surface area contributed by atoms with Gasteiger partial charge in [0.1, 0.15) is 11.5 Å². The van der Waals surface area contributed by atoms with Crippen molar-refractivity contribution in [3.05, 3.63) is 45.6 Å². The summed E-state index contributed by atoms with van der Waals surface area (Å²) in [4.78, 5) is 2.55. The van der Waals surface area contributed by atoms with E-state index in [9.17, 15) is 5.11 Å². The van der Waals surface area contributed by atoms with Crippen molar-refractivity contribution < 1.29 is 14.6 Å². The molecule has 0 radical (unpaired) electrons. The van der Waals surface area contributed by atoms with Crippen LogP contribution in [-0.2, 0) is 6.54 Å². The molecule has 2 rings (SSSR count). The van der Waals surface area contributed by atoms with E-state index in [1.807, 2.05) is 6.07 Å². The number of thiophene rings is 1. The molecule has 2 N–H and O–H groups in total. The van der Waals surface area contributed by atoms with Crippen LogP contribution in [0.15, 0.2) is 30.3 Å². The van der Waals surface area contributed by atoms with Gasteiger partial charge in [0.25, 0.3) is 0 Å². The summed E-state index contributed by atoms with van der Waals surface area (Å²) in [5.41, 5.74) is 0.728. The zero-order chi connectivity index (χ0) is 15.2. The number of hydrogen-bond acceptors (Lipinski definition) is 5. The van der Waals surface area contributed by atoms with Gasteiger partial charge in [0.15, 0.2) is 0 Å². The second-order valence-corrected chi connectivity index (χ2v) is 6.14. The zero-order valence-electron chi connectivity index (χ0n) is 12.6. The number of rotatable bonds is 7. The molecule has 1 heterocycles. The maximum atomic E-state index is 10.3. The summed E-state index contributed by atoms with van der Waals surface area (Å²) in [5, 5.41) is 13.6. The molecule has 1 atom stereocenters. The lowest BCUT2D eigenvalue weighted by Crippen LogP contribution is -2.21. The number of benzene rings is 1. The maximum absolute atomic E-state index is 10.3. The third kappa shape index (κ3) is 4.20. The summed E-state index contributed by atoms with van der Waals surface area (Å²) in [7, 11) is 3.20. The van der Waals surface area contributed by atoms with E-state index in [0.29, 0.717) is 18.0 Å². The monoisotopic (exact) mass is 307 g/mol. The molecule has 1 aromatic carbocycles. The first kappa shape index (κ1) is 15.8. The van der Waals surface area contributed by atoms with Gasteiger partial charge in [-0.05, 0) is 37.3 Å². The highest BCUT2D eigenvalue weighted by Crippen LogP contribution is 2.29. The van der Waals surface area contributed by atoms with Gasteiger partial charge >= 0.3 is 0 Å². The van der Waals surface area contributed by atoms with Gasteiger partial charge in [-0.2, -0.15) is 0 Å². The Morgan fingerprint density at radius 1 is 1.19 bits per heavy atom. The molecule has 0 aliphatic rings. The molecule has 0 unspecified atom stereocenters. The van der Waals surface area contributed by atoms with Crippen LogP contribution in [0.5, 0.6) is 11.5 Å². The number of aryl methyl sites for hydroxylation is 1. The van der Waals surface area contributed by atoms with Crippen molar-refractivity contribution in [2.75, 3.05) is 20.8 Å². The van der Waals surface area contributed by atoms with Gasteiger partial charge in [0.2, 0.25) is 0 Å². The Balaban J connectivity index is 1.97. The van der Waals surface area contributed by atoms with E-state index in [-0.39, 0.29) is 0 Å². The van der Waals surface area contributed by atoms with Gasteiger partial charge in [0, 0.05) is 28.4 Å². The van der Waals surface area contributed by atoms with E-state index in [2.05, 4.69) is 24.4 Å². The lowest BCUT2D eigenvalue weighted by atomic mass is 10.1. The van der Waals surface area contributed by atoms with Crippen LogP contribution in [0.2, 0.25) is 0 Å². The summed E-state index contributed by atoms with van der Waals surface area (Å²) in [5.74, 6) is 1.37. The largest absolute Gasteiger partial charge is 0.497 e. The lowest BCUT2D eigenvalue weighted by molar-refractivity contribution is 0.170. The first-order valence-corrected chi connectivity index (χ1v) is 7.61. The Morgan fingerprint density at radius 2 is 2.00 bits per heavy atom. The van der Waals surface area contributed by atoms with Crippen molar-refractivity contribution in [2.45, 2.75) is 19.6 Å². The van der Waals surface area contributed by atoms with Crippen LogP contribution in [0.4, 0.5) is 0 Å². The van der Waals surface area contributed by atoms with Gasteiger partial charge < -0.3 is 19.9 Å². The molecule has 0 saturated heterocycles. The highest BCUT2D eigenvalue weighted by Gasteiger charge is 2.14. The Hall–Kier alpha value is -1.56. The molecule has 0 spiro atoms. The first-order chi connectivity index (χ1) is 10.1. The molecule has 0 bridgehead atoms. The average molecular weight is 307 g/mol. The fraction of sp³-hybridized carbons (Fsp3) is 0.375. The molecule has 5 heteroatoms. The van der Waals surface area contributed by atoms with Crippen LogP contribution in [0, 0.1) is 6.92 Å². The molecule has 0 saturated carbocycles. The zero-order valence-corrected chi connectivity index (χ0v) is 13.4. The molecule has 21 heavy (non-hydrogen) atoms. The number of hydrogen-bond donors (Lipinski definition) is 2. The van der Waals surface area contributed by atoms with Crippen LogP contribution in [0.3, 0.4) is 0 Å². The summed E-state index contributed by atoms with van der Waals surface area (Å²) in [6, 6.07) is 9.63. The van der Waals surface area contributed by atoms with E-state index < -0.39 is 6.10 Å². The molecule has 4 nitrogen and oxygen atoms in total. The Bertz CT molecular complexity index is 583. The van der Waals surface area contributed by atoms with Crippen LogP contribution in [0.1, 0.15) is 21.4 Å². The number of nitrogens with one attached hydrogen (secondary N) is 1. The molecular formula is C16H21NO3S. The lowest BCUT2D eigenvalue weighted by Gasteiger charge is -2.16. The SMILES string of the molecule is COc1ccc(OC)c([C@H](O)CNCc2ccc(C)s2)c1. The molecule has 0 fully saturated rings. The summed E-state index contributed by atoms with van der Waals surface area (Å²) >= 11 is 1.76. The van der Waals surface area contributed by atoms with Gasteiger partial charge in [-0.1, -0.05) is 0 Å². The Morgan fingerprint density at radius 3 is 2.62 bits per heavy atom. The normalized spacial score (nSPS) is 12.2. The predicted molar refractivity (Wildman–Crippen MR) is 85.3 cm³/mol. The standard InChI is InChI=1S/C16H21NO3S/c1-11-4-6-13(21-11)9-17-10-15(18)14-8-12(19-2)5-7-16(14)20-3/h4-8,15,17-18H,9-10H2,1-3H3/t15-/m1/s1. The topological polar surface area (TPSA) is 50.7 Å². The molecule has 2 aromatic rings. The van der Waals surface area contributed by atoms with Crippen molar-refractivity contribution >= 4 is 11.3 Å². The van der Waals surface area contributed by atoms with Crippen molar-refractivity contribution in [3.63, 3.8) is 0 Å². The molecular weight excluding hydrogens is 286 g/mol. The highest BCUT2D eigenvalue weighted by atomic mass is 32.1. The maximum Gasteiger partial charge on any atom is 0.124 e. The minimum Gasteiger partial charge on any atom is -0.497 e. The molecule has 0 amide bonds. The van der Waals surface area contributed by atoms with Gasteiger partial charge in [-0.15, -0.1) is 11.3 Å². The van der Waals surface area contributed by atoms with E-state index >= 15 is 0 Å². The van der Waals surface area contributed by atoms with Crippen LogP contribution >= 0.6 is 11.3 Å². The quantitative estimate of drug-likeness (QED) is 0.826. The van der Waals surface area contributed by atoms with Crippen molar-refractivity contribution in [3.8, 4) is 11.5 Å². The Kier molecular flexibility index (Phi) is 5.61. The van der Waals surface area contributed by atoms with Gasteiger partial charge in [-0.3, -0.25) is 0 Å². The fourth-order valence-corrected chi connectivity index (χ4v) is 2.98. The van der Waals surface area contributed by atoms with Crippen molar-refractivity contribution in [2.24, 2.45) is 0 Å². The van der Waals surface area contributed by atoms with Crippen molar-refractivity contribution in [1.29, 1.82) is 0 Å². The third-order valence-electron chi connectivity index (χ3n) is 3.23. The van der Waals surface area contributed by atoms with Crippen molar-refractivity contribution in [1.82, 2.24) is 5.32 Å². The molecule has 114 valence electrons. The number of aliphatic hydroxyl groups is 1. The van der Waals surface area contributed by atoms with Gasteiger partial charge in [-0.25, -0.2) is 0 Å². The third-order valence-corrected chi connectivity index (χ3v) is 4.23. The summed E-state index contributed by atoms with van der Waals surface area (Å²) in [6.45, 7) is 3.30. The summed E-state index contributed by atoms with van der Waals surface area (Å²) in [6.07, 6.45) is -0.642. The average Bonchev–Trinajstić information content (AvgIpc) is 2.91. The minimum absolute atomic E-state index is 0.459. The molecule has 1 aromatic heterocycles. The van der Waals surface area contributed by atoms with Crippen LogP contribution < -0.4 is 14.8 Å². The number of aliphatic hydroxyl groups excluding tert-OH is 1. The Labute approximate surface area is 129 Å². The second-order valence-electron chi connectivity index (χ2n) is 4.77. The van der Waals surface area contributed by atoms with E-state index in [1.165, 1.54) is 9.75 Å². The smallest absolute Gasteiger partial charge is 0.124 e. The van der Waals surface area contributed by atoms with Crippen LogP contribution in [-0.4, -0.2) is 25.9 Å². The van der Waals surface area contributed by atoms with Gasteiger partial charge in [0.05, 0.1) is 20.3 Å². The number of ether oxygens (including phenoxy) is 2. The predicted octanol–water partition coefficient (Wildman–Crippen LogP) is 2.90. The second kappa shape index (κ2) is 7.45. The first-order valence-electron chi connectivity index (χ1n) is 6.80. The summed E-state index contributed by atoms with van der Waals surface area (Å²) < 4.78 is 10.5. The highest BCUT2D eigenvalue weighted by molar-refractivity contribution is 7.11. The van der Waals surface area contributed by atoms with Crippen LogP contribution in [0.25, 0.3) is 0 Å². The number of methoxy groups -OCH3 is 2. The minimum atomic E-state index is -0.642. The fourth-order valence-electron chi connectivity index (χ4n) is 2.12. The van der Waals surface area contributed by atoms with E-state index in [0.717, 1.165) is 12.1 Å².